The second kappa shape index (κ2) is 9.12. The summed E-state index contributed by atoms with van der Waals surface area (Å²) in [6.07, 6.45) is 1.94. The van der Waals surface area contributed by atoms with E-state index in [1.54, 1.807) is 17.0 Å². The van der Waals surface area contributed by atoms with E-state index in [2.05, 4.69) is 5.32 Å². The Bertz CT molecular complexity index is 790. The van der Waals surface area contributed by atoms with Crippen LogP contribution in [0.25, 0.3) is 0 Å². The van der Waals surface area contributed by atoms with Crippen molar-refractivity contribution in [3.63, 3.8) is 0 Å². The maximum atomic E-state index is 12.5. The molecule has 2 aromatic rings. The summed E-state index contributed by atoms with van der Waals surface area (Å²) in [6, 6.07) is 18.3. The SMILES string of the molecule is O=C(CCC(=O)N1CCC[C@H](C(=O)Nc2ccccc2)C1)c1ccccc1. The van der Waals surface area contributed by atoms with Crippen molar-refractivity contribution in [2.75, 3.05) is 18.4 Å². The van der Waals surface area contributed by atoms with Crippen LogP contribution >= 0.6 is 0 Å². The molecule has 0 bridgehead atoms. The molecule has 1 fully saturated rings. The van der Waals surface area contributed by atoms with Crippen molar-refractivity contribution in [3.05, 3.63) is 66.2 Å². The highest BCUT2D eigenvalue weighted by Crippen LogP contribution is 2.20. The normalized spacial score (nSPS) is 16.6. The zero-order chi connectivity index (χ0) is 19.1. The van der Waals surface area contributed by atoms with Gasteiger partial charge in [-0.05, 0) is 25.0 Å². The summed E-state index contributed by atoms with van der Waals surface area (Å²) in [4.78, 5) is 38.9. The predicted molar refractivity (Wildman–Crippen MR) is 104 cm³/mol. The molecule has 1 saturated heterocycles. The molecule has 0 unspecified atom stereocenters. The van der Waals surface area contributed by atoms with Gasteiger partial charge in [-0.15, -0.1) is 0 Å². The van der Waals surface area contributed by atoms with Gasteiger partial charge in [0.1, 0.15) is 0 Å². The largest absolute Gasteiger partial charge is 0.342 e. The molecule has 5 heteroatoms. The van der Waals surface area contributed by atoms with Crippen molar-refractivity contribution in [2.45, 2.75) is 25.7 Å². The first kappa shape index (κ1) is 18.8. The third kappa shape index (κ3) is 5.26. The number of para-hydroxylation sites is 1. The van der Waals surface area contributed by atoms with E-state index in [-0.39, 0.29) is 36.4 Å². The van der Waals surface area contributed by atoms with E-state index in [0.717, 1.165) is 18.5 Å². The number of piperidine rings is 1. The minimum absolute atomic E-state index is 0.0284. The van der Waals surface area contributed by atoms with Crippen LogP contribution in [0.3, 0.4) is 0 Å². The Kier molecular flexibility index (Phi) is 6.36. The zero-order valence-electron chi connectivity index (χ0n) is 15.3. The van der Waals surface area contributed by atoms with Gasteiger partial charge in [0.15, 0.2) is 5.78 Å². The van der Waals surface area contributed by atoms with Crippen LogP contribution in [0.2, 0.25) is 0 Å². The molecule has 140 valence electrons. The van der Waals surface area contributed by atoms with Crippen molar-refractivity contribution in [1.82, 2.24) is 4.90 Å². The van der Waals surface area contributed by atoms with Crippen molar-refractivity contribution < 1.29 is 14.4 Å². The second-order valence-corrected chi connectivity index (χ2v) is 6.82. The number of hydrogen-bond acceptors (Lipinski definition) is 3. The first-order valence-electron chi connectivity index (χ1n) is 9.35. The Morgan fingerprint density at radius 2 is 1.59 bits per heavy atom. The lowest BCUT2D eigenvalue weighted by Gasteiger charge is -2.32. The lowest BCUT2D eigenvalue weighted by atomic mass is 9.96. The Morgan fingerprint density at radius 1 is 0.926 bits per heavy atom. The van der Waals surface area contributed by atoms with Crippen molar-refractivity contribution in [1.29, 1.82) is 0 Å². The van der Waals surface area contributed by atoms with Crippen molar-refractivity contribution in [3.8, 4) is 0 Å². The van der Waals surface area contributed by atoms with Crippen LogP contribution in [0, 0.1) is 5.92 Å². The van der Waals surface area contributed by atoms with Crippen LogP contribution in [-0.2, 0) is 9.59 Å². The van der Waals surface area contributed by atoms with E-state index in [1.807, 2.05) is 48.5 Å². The summed E-state index contributed by atoms with van der Waals surface area (Å²) in [5.41, 5.74) is 1.39. The summed E-state index contributed by atoms with van der Waals surface area (Å²) in [6.45, 7) is 1.06. The van der Waals surface area contributed by atoms with Crippen LogP contribution in [0.5, 0.6) is 0 Å². The molecule has 1 heterocycles. The second-order valence-electron chi connectivity index (χ2n) is 6.82. The van der Waals surface area contributed by atoms with E-state index in [9.17, 15) is 14.4 Å². The van der Waals surface area contributed by atoms with Crippen LogP contribution in [0.4, 0.5) is 5.69 Å². The van der Waals surface area contributed by atoms with Gasteiger partial charge in [0.05, 0.1) is 5.92 Å². The van der Waals surface area contributed by atoms with Gasteiger partial charge < -0.3 is 10.2 Å². The molecule has 27 heavy (non-hydrogen) atoms. The summed E-state index contributed by atoms with van der Waals surface area (Å²) >= 11 is 0. The average molecular weight is 364 g/mol. The smallest absolute Gasteiger partial charge is 0.229 e. The quantitative estimate of drug-likeness (QED) is 0.798. The van der Waals surface area contributed by atoms with Gasteiger partial charge in [-0.25, -0.2) is 0 Å². The van der Waals surface area contributed by atoms with Crippen LogP contribution in [0.15, 0.2) is 60.7 Å². The molecule has 1 atom stereocenters. The number of carbonyl (C=O) groups excluding carboxylic acids is 3. The fourth-order valence-electron chi connectivity index (χ4n) is 3.33. The van der Waals surface area contributed by atoms with E-state index in [4.69, 9.17) is 0 Å². The lowest BCUT2D eigenvalue weighted by molar-refractivity contribution is -0.134. The molecule has 1 N–H and O–H groups in total. The number of carbonyl (C=O) groups is 3. The molecule has 0 spiro atoms. The number of rotatable bonds is 6. The highest BCUT2D eigenvalue weighted by molar-refractivity contribution is 5.98. The molecule has 2 amide bonds. The van der Waals surface area contributed by atoms with Gasteiger partial charge in [0, 0.05) is 37.2 Å². The molecule has 3 rings (SSSR count). The number of benzene rings is 2. The standard InChI is InChI=1S/C22H24N2O3/c25-20(17-8-3-1-4-9-17)13-14-21(26)24-15-7-10-18(16-24)22(27)23-19-11-5-2-6-12-19/h1-6,8-9,11-12,18H,7,10,13-16H2,(H,23,27)/t18-/m0/s1. The fourth-order valence-corrected chi connectivity index (χ4v) is 3.33. The molecular formula is C22H24N2O3. The number of nitrogens with zero attached hydrogens (tertiary/aromatic N) is 1. The number of likely N-dealkylation sites (tertiary alicyclic amines) is 1. The van der Waals surface area contributed by atoms with Crippen LogP contribution in [0.1, 0.15) is 36.0 Å². The maximum absolute atomic E-state index is 12.5. The van der Waals surface area contributed by atoms with Crippen LogP contribution < -0.4 is 5.32 Å². The highest BCUT2D eigenvalue weighted by atomic mass is 16.2. The average Bonchev–Trinajstić information content (AvgIpc) is 2.73. The highest BCUT2D eigenvalue weighted by Gasteiger charge is 2.28. The molecular weight excluding hydrogens is 340 g/mol. The van der Waals surface area contributed by atoms with Crippen molar-refractivity contribution >= 4 is 23.3 Å². The topological polar surface area (TPSA) is 66.5 Å². The summed E-state index contributed by atoms with van der Waals surface area (Å²) in [5.74, 6) is -0.359. The van der Waals surface area contributed by atoms with Gasteiger partial charge in [-0.1, -0.05) is 48.5 Å². The number of anilines is 1. The number of amides is 2. The number of hydrogen-bond donors (Lipinski definition) is 1. The Balaban J connectivity index is 1.50. The first-order chi connectivity index (χ1) is 13.1. The molecule has 0 radical (unpaired) electrons. The van der Waals surface area contributed by atoms with E-state index < -0.39 is 0 Å². The van der Waals surface area contributed by atoms with E-state index in [1.165, 1.54) is 0 Å². The van der Waals surface area contributed by atoms with Gasteiger partial charge in [0.25, 0.3) is 0 Å². The fraction of sp³-hybridized carbons (Fsp3) is 0.318. The number of Topliss-reactive ketones (excluding diaryl/α,β-unsaturated/α-hetero) is 1. The third-order valence-corrected chi connectivity index (χ3v) is 4.85. The Labute approximate surface area is 159 Å². The van der Waals surface area contributed by atoms with Gasteiger partial charge >= 0.3 is 0 Å². The minimum atomic E-state index is -0.215. The summed E-state index contributed by atoms with van der Waals surface area (Å²) < 4.78 is 0. The van der Waals surface area contributed by atoms with E-state index in [0.29, 0.717) is 18.7 Å². The molecule has 2 aromatic carbocycles. The molecule has 0 saturated carbocycles. The molecule has 0 aliphatic carbocycles. The van der Waals surface area contributed by atoms with Gasteiger partial charge in [-0.2, -0.15) is 0 Å². The minimum Gasteiger partial charge on any atom is -0.342 e. The molecule has 1 aliphatic rings. The molecule has 0 aromatic heterocycles. The summed E-state index contributed by atoms with van der Waals surface area (Å²) in [7, 11) is 0. The molecule has 1 aliphatic heterocycles. The van der Waals surface area contributed by atoms with Crippen LogP contribution in [-0.4, -0.2) is 35.6 Å². The zero-order valence-corrected chi connectivity index (χ0v) is 15.3. The number of nitrogens with one attached hydrogen (secondary N) is 1. The predicted octanol–water partition coefficient (Wildman–Crippen LogP) is 3.53. The van der Waals surface area contributed by atoms with Crippen molar-refractivity contribution in [2.24, 2.45) is 5.92 Å². The summed E-state index contributed by atoms with van der Waals surface area (Å²) in [5, 5.41) is 2.91. The molecule has 5 nitrogen and oxygen atoms in total. The van der Waals surface area contributed by atoms with Gasteiger partial charge in [0.2, 0.25) is 11.8 Å². The maximum Gasteiger partial charge on any atom is 0.229 e. The number of ketones is 1. The monoisotopic (exact) mass is 364 g/mol. The first-order valence-corrected chi connectivity index (χ1v) is 9.35. The lowest BCUT2D eigenvalue weighted by Crippen LogP contribution is -2.43. The van der Waals surface area contributed by atoms with E-state index >= 15 is 0 Å². The van der Waals surface area contributed by atoms with Gasteiger partial charge in [-0.3, -0.25) is 14.4 Å². The third-order valence-electron chi connectivity index (χ3n) is 4.85. The Hall–Kier alpha value is -2.95. The Morgan fingerprint density at radius 3 is 2.30 bits per heavy atom.